The van der Waals surface area contributed by atoms with Crippen molar-refractivity contribution in [1.82, 2.24) is 4.90 Å². The molecule has 7 heteroatoms. The van der Waals surface area contributed by atoms with Crippen LogP contribution in [0.3, 0.4) is 0 Å². The molecule has 7 nitrogen and oxygen atoms in total. The Bertz CT molecular complexity index is 1290. The molecular weight excluding hydrogens is 442 g/mol. The van der Waals surface area contributed by atoms with E-state index in [0.29, 0.717) is 23.9 Å². The van der Waals surface area contributed by atoms with Gasteiger partial charge in [0.2, 0.25) is 6.54 Å². The monoisotopic (exact) mass is 473 g/mol. The summed E-state index contributed by atoms with van der Waals surface area (Å²) in [6.07, 6.45) is 1.71. The Hall–Kier alpha value is -3.32. The van der Waals surface area contributed by atoms with Crippen molar-refractivity contribution in [3.05, 3.63) is 75.5 Å². The standard InChI is InChI=1S/C28H31N3O4/c1-34-25-9-6-10-26-28(25)22-16-29(15-20(22)18-35-26)14-5-4-11-27-30(32)17-23-21-8-3-2-7-19(21)12-13-24(23)31(27)33/h2-3,6-10,12-13,20,22,27H,4-5,11,14-18H2,1H3/q+2/t20-,22+,27?/m0/s1. The van der Waals surface area contributed by atoms with Gasteiger partial charge in [-0.15, -0.1) is 0 Å². The van der Waals surface area contributed by atoms with Crippen LogP contribution in [0.5, 0.6) is 11.5 Å². The highest BCUT2D eigenvalue weighted by atomic mass is 16.5. The van der Waals surface area contributed by atoms with E-state index in [4.69, 9.17) is 9.47 Å². The van der Waals surface area contributed by atoms with Crippen LogP contribution in [-0.2, 0) is 6.54 Å². The summed E-state index contributed by atoms with van der Waals surface area (Å²) in [7, 11) is 1.72. The van der Waals surface area contributed by atoms with Crippen molar-refractivity contribution in [2.24, 2.45) is 5.92 Å². The maximum atomic E-state index is 13.1. The van der Waals surface area contributed by atoms with Crippen molar-refractivity contribution in [1.29, 1.82) is 0 Å². The van der Waals surface area contributed by atoms with Gasteiger partial charge in [0, 0.05) is 46.4 Å². The number of rotatable bonds is 6. The molecule has 3 atom stereocenters. The quantitative estimate of drug-likeness (QED) is 0.366. The second kappa shape index (κ2) is 9.04. The highest BCUT2D eigenvalue weighted by Crippen LogP contribution is 2.46. The molecule has 0 saturated carbocycles. The molecule has 0 bridgehead atoms. The Morgan fingerprint density at radius 2 is 1.91 bits per heavy atom. The number of nitrogens with zero attached hydrogens (tertiary/aromatic N) is 3. The molecule has 3 aliphatic rings. The zero-order valence-electron chi connectivity index (χ0n) is 20.1. The largest absolute Gasteiger partial charge is 0.496 e. The Kier molecular flexibility index (Phi) is 5.72. The maximum Gasteiger partial charge on any atom is 0.437 e. The molecule has 1 unspecified atom stereocenters. The SMILES string of the molecule is COc1cccc2c1[C@@H]1CN(CCCCC3[N+](=O)Cc4c(ccc5ccccc45)[N+]3=O)C[C@H]1CO2. The number of hydrogen-bond donors (Lipinski definition) is 0. The molecule has 180 valence electrons. The summed E-state index contributed by atoms with van der Waals surface area (Å²) in [5, 5.41) is 2.05. The summed E-state index contributed by atoms with van der Waals surface area (Å²) >= 11 is 0. The van der Waals surface area contributed by atoms with Gasteiger partial charge in [0.1, 0.15) is 21.8 Å². The highest BCUT2D eigenvalue weighted by Gasteiger charge is 2.48. The van der Waals surface area contributed by atoms with Crippen LogP contribution >= 0.6 is 0 Å². The lowest BCUT2D eigenvalue weighted by Gasteiger charge is -2.29. The number of unbranched alkanes of at least 4 members (excludes halogenated alkanes) is 1. The first-order valence-electron chi connectivity index (χ1n) is 12.6. The van der Waals surface area contributed by atoms with Crippen molar-refractivity contribution in [3.63, 3.8) is 0 Å². The molecule has 0 spiro atoms. The van der Waals surface area contributed by atoms with Crippen LogP contribution in [0, 0.1) is 15.7 Å². The van der Waals surface area contributed by atoms with Gasteiger partial charge < -0.3 is 14.4 Å². The van der Waals surface area contributed by atoms with Crippen LogP contribution in [0.4, 0.5) is 5.69 Å². The Morgan fingerprint density at radius 3 is 2.80 bits per heavy atom. The van der Waals surface area contributed by atoms with Crippen LogP contribution in [0.1, 0.15) is 36.3 Å². The summed E-state index contributed by atoms with van der Waals surface area (Å²) in [4.78, 5) is 28.4. The number of methoxy groups -OCH3 is 1. The summed E-state index contributed by atoms with van der Waals surface area (Å²) in [6.45, 7) is 3.97. The van der Waals surface area contributed by atoms with E-state index in [2.05, 4.69) is 4.90 Å². The predicted octanol–water partition coefficient (Wildman–Crippen LogP) is 5.16. The van der Waals surface area contributed by atoms with Gasteiger partial charge in [0.25, 0.3) is 5.69 Å². The molecule has 3 aromatic carbocycles. The van der Waals surface area contributed by atoms with E-state index in [1.54, 1.807) is 7.11 Å². The summed E-state index contributed by atoms with van der Waals surface area (Å²) < 4.78 is 13.5. The molecule has 0 amide bonds. The molecule has 6 rings (SSSR count). The third-order valence-electron chi connectivity index (χ3n) is 7.94. The van der Waals surface area contributed by atoms with E-state index in [0.717, 1.165) is 76.4 Å². The number of likely N-dealkylation sites (tertiary alicyclic amines) is 1. The van der Waals surface area contributed by atoms with Gasteiger partial charge in [-0.2, -0.15) is 0 Å². The molecule has 0 aliphatic carbocycles. The number of nitroso groups, excluding NO2 is 2. The minimum Gasteiger partial charge on any atom is -0.496 e. The highest BCUT2D eigenvalue weighted by molar-refractivity contribution is 5.88. The fourth-order valence-electron chi connectivity index (χ4n) is 6.19. The second-order valence-electron chi connectivity index (χ2n) is 9.97. The van der Waals surface area contributed by atoms with Gasteiger partial charge in [-0.25, -0.2) is 0 Å². The average Bonchev–Trinajstić information content (AvgIpc) is 3.31. The van der Waals surface area contributed by atoms with Crippen LogP contribution in [0.2, 0.25) is 0 Å². The molecule has 0 radical (unpaired) electrons. The number of ether oxygens (including phenoxy) is 2. The van der Waals surface area contributed by atoms with Gasteiger partial charge in [0.05, 0.1) is 24.9 Å². The van der Waals surface area contributed by atoms with Gasteiger partial charge >= 0.3 is 6.17 Å². The third kappa shape index (κ3) is 3.88. The molecule has 3 heterocycles. The fourth-order valence-corrected chi connectivity index (χ4v) is 6.19. The van der Waals surface area contributed by atoms with E-state index in [1.165, 1.54) is 5.56 Å². The van der Waals surface area contributed by atoms with Gasteiger partial charge in [-0.05, 0) is 48.4 Å². The van der Waals surface area contributed by atoms with Crippen molar-refractivity contribution in [2.45, 2.75) is 37.9 Å². The van der Waals surface area contributed by atoms with Crippen molar-refractivity contribution in [3.8, 4) is 11.5 Å². The zero-order chi connectivity index (χ0) is 23.9. The smallest absolute Gasteiger partial charge is 0.437 e. The summed E-state index contributed by atoms with van der Waals surface area (Å²) in [5.41, 5.74) is 2.67. The molecule has 0 aromatic heterocycles. The van der Waals surface area contributed by atoms with Crippen LogP contribution in [-0.4, -0.2) is 53.9 Å². The first-order chi connectivity index (χ1) is 17.1. The Morgan fingerprint density at radius 1 is 1.03 bits per heavy atom. The second-order valence-corrected chi connectivity index (χ2v) is 9.97. The van der Waals surface area contributed by atoms with Crippen molar-refractivity contribution in [2.75, 3.05) is 33.4 Å². The topological polar surface area (TPSA) is 61.9 Å². The zero-order valence-corrected chi connectivity index (χ0v) is 20.1. The lowest BCUT2D eigenvalue weighted by atomic mass is 9.86. The van der Waals surface area contributed by atoms with E-state index in [1.807, 2.05) is 54.6 Å². The summed E-state index contributed by atoms with van der Waals surface area (Å²) in [5.74, 6) is 2.76. The van der Waals surface area contributed by atoms with Gasteiger partial charge in [0.15, 0.2) is 0 Å². The summed E-state index contributed by atoms with van der Waals surface area (Å²) in [6, 6.07) is 17.8. The molecule has 1 saturated heterocycles. The fraction of sp³-hybridized carbons (Fsp3) is 0.429. The molecule has 3 aromatic rings. The molecule has 0 N–H and O–H groups in total. The Balaban J connectivity index is 1.07. The third-order valence-corrected chi connectivity index (χ3v) is 7.94. The van der Waals surface area contributed by atoms with Gasteiger partial charge in [-0.1, -0.05) is 30.3 Å². The maximum absolute atomic E-state index is 13.1. The van der Waals surface area contributed by atoms with E-state index in [9.17, 15) is 9.81 Å². The first-order valence-corrected chi connectivity index (χ1v) is 12.6. The van der Waals surface area contributed by atoms with Crippen LogP contribution < -0.4 is 9.47 Å². The lowest BCUT2D eigenvalue weighted by molar-refractivity contribution is -0.784. The predicted molar refractivity (Wildman–Crippen MR) is 133 cm³/mol. The van der Waals surface area contributed by atoms with Crippen LogP contribution in [0.15, 0.2) is 54.6 Å². The number of hydrogen-bond acceptors (Lipinski definition) is 5. The number of fused-ring (bicyclic) bond motifs is 6. The van der Waals surface area contributed by atoms with E-state index >= 15 is 0 Å². The van der Waals surface area contributed by atoms with E-state index in [-0.39, 0.29) is 6.54 Å². The average molecular weight is 474 g/mol. The lowest BCUT2D eigenvalue weighted by Crippen LogP contribution is -2.37. The van der Waals surface area contributed by atoms with Gasteiger partial charge in [-0.3, -0.25) is 0 Å². The molecule has 1 fully saturated rings. The van der Waals surface area contributed by atoms with E-state index < -0.39 is 6.17 Å². The normalized spacial score (nSPS) is 23.5. The molecule has 3 aliphatic heterocycles. The minimum atomic E-state index is -0.658. The molecule has 35 heavy (non-hydrogen) atoms. The minimum absolute atomic E-state index is 0.261. The van der Waals surface area contributed by atoms with Crippen LogP contribution in [0.25, 0.3) is 10.8 Å². The van der Waals surface area contributed by atoms with Crippen molar-refractivity contribution < 1.29 is 19.0 Å². The Labute approximate surface area is 204 Å². The number of benzene rings is 3. The van der Waals surface area contributed by atoms with Crippen molar-refractivity contribution >= 4 is 16.5 Å². The first kappa shape index (κ1) is 22.2. The molecular formula is C28H31N3O4+2.